The first kappa shape index (κ1) is 24.0. The van der Waals surface area contributed by atoms with E-state index >= 15 is 0 Å². The van der Waals surface area contributed by atoms with Crippen LogP contribution in [-0.2, 0) is 29.1 Å². The second-order valence-electron chi connectivity index (χ2n) is 8.71. The zero-order chi connectivity index (χ0) is 24.8. The summed E-state index contributed by atoms with van der Waals surface area (Å²) in [6, 6.07) is 4.26. The van der Waals surface area contributed by atoms with E-state index in [1.54, 1.807) is 17.0 Å². The zero-order valence-electron chi connectivity index (χ0n) is 18.7. The molecule has 0 bridgehead atoms. The van der Waals surface area contributed by atoms with Crippen LogP contribution in [0.15, 0.2) is 34.5 Å². The summed E-state index contributed by atoms with van der Waals surface area (Å²) in [6.45, 7) is 3.95. The number of nitrogens with zero attached hydrogens (tertiary/aromatic N) is 6. The van der Waals surface area contributed by atoms with Crippen LogP contribution in [0.2, 0.25) is 0 Å². The Morgan fingerprint density at radius 1 is 1.21 bits per heavy atom. The molecule has 3 aromatic rings. The van der Waals surface area contributed by atoms with Crippen molar-refractivity contribution < 1.29 is 21.6 Å². The Hall–Kier alpha value is -3.09. The second-order valence-corrected chi connectivity index (χ2v) is 10.7. The van der Waals surface area contributed by atoms with Gasteiger partial charge in [0.05, 0.1) is 22.0 Å². The van der Waals surface area contributed by atoms with E-state index in [-0.39, 0.29) is 22.3 Å². The average Bonchev–Trinajstić information content (AvgIpc) is 3.11. The van der Waals surface area contributed by atoms with E-state index in [4.69, 9.17) is 4.98 Å². The number of fused-ring (bicyclic) bond motifs is 3. The van der Waals surface area contributed by atoms with Crippen molar-refractivity contribution in [3.05, 3.63) is 46.4 Å². The first-order chi connectivity index (χ1) is 15.9. The van der Waals surface area contributed by atoms with Crippen molar-refractivity contribution in [3.8, 4) is 0 Å². The van der Waals surface area contributed by atoms with Gasteiger partial charge in [-0.3, -0.25) is 0 Å². The number of sulfone groups is 1. The molecule has 1 aliphatic heterocycles. The summed E-state index contributed by atoms with van der Waals surface area (Å²) in [4.78, 5) is 25.1. The number of halogens is 3. The van der Waals surface area contributed by atoms with Crippen LogP contribution in [0.4, 0.5) is 19.1 Å². The van der Waals surface area contributed by atoms with Gasteiger partial charge in [0.15, 0.2) is 15.5 Å². The molecule has 0 amide bonds. The third-order valence-electron chi connectivity index (χ3n) is 5.72. The van der Waals surface area contributed by atoms with Crippen LogP contribution in [-0.4, -0.2) is 40.7 Å². The molecule has 4 rings (SSSR count). The van der Waals surface area contributed by atoms with E-state index in [0.29, 0.717) is 36.4 Å². The molecule has 1 atom stereocenters. The van der Waals surface area contributed by atoms with E-state index in [2.05, 4.69) is 15.1 Å². The number of nitroso groups, excluding NO2 is 1. The molecule has 0 spiro atoms. The number of hydrogen-bond donors (Lipinski definition) is 0. The third-order valence-corrected chi connectivity index (χ3v) is 6.83. The number of hydrogen-bond acceptors (Lipinski definition) is 8. The minimum atomic E-state index is -4.77. The van der Waals surface area contributed by atoms with Gasteiger partial charge in [0.1, 0.15) is 12.4 Å². The monoisotopic (exact) mass is 496 g/mol. The average molecular weight is 497 g/mol. The number of anilines is 1. The highest BCUT2D eigenvalue weighted by Gasteiger charge is 2.38. The lowest BCUT2D eigenvalue weighted by Crippen LogP contribution is -2.40. The van der Waals surface area contributed by atoms with Gasteiger partial charge in [-0.05, 0) is 30.5 Å². The van der Waals surface area contributed by atoms with Gasteiger partial charge in [-0.2, -0.15) is 18.1 Å². The predicted molar refractivity (Wildman–Crippen MR) is 119 cm³/mol. The first-order valence-corrected chi connectivity index (χ1v) is 12.5. The van der Waals surface area contributed by atoms with Crippen LogP contribution in [0.3, 0.4) is 0 Å². The third kappa shape index (κ3) is 4.48. The van der Waals surface area contributed by atoms with Crippen molar-refractivity contribution >= 4 is 26.8 Å². The number of imidazole rings is 1. The topological polar surface area (TPSA) is 110 Å². The van der Waals surface area contributed by atoms with Crippen molar-refractivity contribution in [1.82, 2.24) is 19.5 Å². The lowest BCUT2D eigenvalue weighted by molar-refractivity contribution is -0.141. The number of alkyl halides is 3. The summed E-state index contributed by atoms with van der Waals surface area (Å²) in [5.74, 6) is 0.671. The molecule has 3 heterocycles. The molecule has 1 aliphatic rings. The quantitative estimate of drug-likeness (QED) is 0.472. The minimum Gasteiger partial charge on any atom is -0.329 e. The molecule has 0 radical (unpaired) electrons. The molecule has 0 aliphatic carbocycles. The lowest BCUT2D eigenvalue weighted by atomic mass is 10.0. The fourth-order valence-corrected chi connectivity index (χ4v) is 4.87. The van der Waals surface area contributed by atoms with Crippen molar-refractivity contribution in [2.75, 3.05) is 17.7 Å². The van der Waals surface area contributed by atoms with Crippen molar-refractivity contribution in [3.63, 3.8) is 0 Å². The van der Waals surface area contributed by atoms with Crippen molar-refractivity contribution in [1.29, 1.82) is 0 Å². The number of aromatic nitrogens is 4. The molecule has 13 heteroatoms. The van der Waals surface area contributed by atoms with Gasteiger partial charge >= 0.3 is 6.18 Å². The van der Waals surface area contributed by atoms with Gasteiger partial charge in [0.2, 0.25) is 5.95 Å². The van der Waals surface area contributed by atoms with Crippen LogP contribution in [0.5, 0.6) is 0 Å². The molecule has 0 N–H and O–H groups in total. The maximum atomic E-state index is 13.6. The van der Waals surface area contributed by atoms with E-state index in [1.165, 1.54) is 6.07 Å². The Morgan fingerprint density at radius 2 is 1.94 bits per heavy atom. The molecule has 0 fully saturated rings. The molecule has 0 saturated heterocycles. The van der Waals surface area contributed by atoms with Gasteiger partial charge < -0.3 is 9.47 Å². The van der Waals surface area contributed by atoms with Gasteiger partial charge in [-0.15, -0.1) is 0 Å². The fraction of sp³-hybridized carbons (Fsp3) is 0.476. The largest absolute Gasteiger partial charge is 0.433 e. The number of benzene rings is 1. The Labute approximate surface area is 193 Å². The van der Waals surface area contributed by atoms with Gasteiger partial charge in [-0.1, -0.05) is 19.0 Å². The summed E-state index contributed by atoms with van der Waals surface area (Å²) in [6.07, 6.45) is -2.08. The highest BCUT2D eigenvalue weighted by atomic mass is 32.2. The van der Waals surface area contributed by atoms with Crippen LogP contribution < -0.4 is 4.90 Å². The summed E-state index contributed by atoms with van der Waals surface area (Å²) < 4.78 is 66.8. The Balaban J connectivity index is 1.83. The molecule has 1 unspecified atom stereocenters. The molecule has 2 aromatic heterocycles. The first-order valence-electron chi connectivity index (χ1n) is 10.6. The second kappa shape index (κ2) is 8.60. The van der Waals surface area contributed by atoms with E-state index < -0.39 is 34.3 Å². The van der Waals surface area contributed by atoms with Crippen molar-refractivity contribution in [2.45, 2.75) is 50.5 Å². The van der Waals surface area contributed by atoms with Crippen LogP contribution >= 0.6 is 0 Å². The normalized spacial score (nSPS) is 16.8. The van der Waals surface area contributed by atoms with Crippen LogP contribution in [0.25, 0.3) is 11.0 Å². The Morgan fingerprint density at radius 3 is 2.56 bits per heavy atom. The SMILES string of the molecule is CC(C)CC1c2nc3ccc(S(C)(=O)=O)cc3n2CCN1c1ncc(CN=O)c(C(F)(F)F)n1. The Kier molecular flexibility index (Phi) is 6.08. The van der Waals surface area contributed by atoms with Gasteiger partial charge in [0.25, 0.3) is 0 Å². The van der Waals surface area contributed by atoms with Crippen LogP contribution in [0.1, 0.15) is 43.4 Å². The standard InChI is InChI=1S/C21H23F3N6O3S/c1-12(2)8-17-19-27-15-5-4-14(34(3,32)33)9-16(15)29(19)6-7-30(17)20-25-10-13(11-26-31)18(28-20)21(22,23)24/h4-5,9-10,12,17H,6-8,11H2,1-3H3. The molecule has 9 nitrogen and oxygen atoms in total. The molecule has 34 heavy (non-hydrogen) atoms. The predicted octanol–water partition coefficient (Wildman–Crippen LogP) is 4.12. The maximum absolute atomic E-state index is 13.6. The van der Waals surface area contributed by atoms with Crippen molar-refractivity contribution in [2.24, 2.45) is 11.1 Å². The lowest BCUT2D eigenvalue weighted by Gasteiger charge is -2.37. The maximum Gasteiger partial charge on any atom is 0.433 e. The minimum absolute atomic E-state index is 0.109. The van der Waals surface area contributed by atoms with Gasteiger partial charge in [0, 0.05) is 31.1 Å². The molecule has 1 aromatic carbocycles. The highest BCUT2D eigenvalue weighted by Crippen LogP contribution is 2.38. The fourth-order valence-electron chi connectivity index (χ4n) is 4.23. The molecular formula is C21H23F3N6O3S. The molecular weight excluding hydrogens is 473 g/mol. The van der Waals surface area contributed by atoms with Crippen LogP contribution in [0, 0.1) is 10.8 Å². The van der Waals surface area contributed by atoms with E-state index in [9.17, 15) is 26.5 Å². The Bertz CT molecular complexity index is 1350. The highest BCUT2D eigenvalue weighted by molar-refractivity contribution is 7.90. The molecule has 182 valence electrons. The zero-order valence-corrected chi connectivity index (χ0v) is 19.6. The molecule has 0 saturated carbocycles. The summed E-state index contributed by atoms with van der Waals surface area (Å²) in [5, 5.41) is 2.56. The summed E-state index contributed by atoms with van der Waals surface area (Å²) in [5.41, 5.74) is -0.320. The van der Waals surface area contributed by atoms with E-state index in [1.807, 2.05) is 18.4 Å². The summed E-state index contributed by atoms with van der Waals surface area (Å²) >= 11 is 0. The van der Waals surface area contributed by atoms with Gasteiger partial charge in [-0.25, -0.2) is 23.4 Å². The smallest absolute Gasteiger partial charge is 0.329 e. The summed E-state index contributed by atoms with van der Waals surface area (Å²) in [7, 11) is -3.42. The van der Waals surface area contributed by atoms with E-state index in [0.717, 1.165) is 12.5 Å². The number of rotatable bonds is 6.